The molecule has 1 saturated carbocycles. The van der Waals surface area contributed by atoms with Crippen LogP contribution in [-0.4, -0.2) is 22.2 Å². The lowest BCUT2D eigenvalue weighted by atomic mass is 10.1. The number of aliphatic hydroxyl groups excluding tert-OH is 1. The number of benzene rings is 1. The van der Waals surface area contributed by atoms with Crippen molar-refractivity contribution in [2.24, 2.45) is 5.92 Å². The van der Waals surface area contributed by atoms with Crippen molar-refractivity contribution in [1.29, 1.82) is 0 Å². The summed E-state index contributed by atoms with van der Waals surface area (Å²) in [5.41, 5.74) is 1.16. The first-order chi connectivity index (χ1) is 10.6. The van der Waals surface area contributed by atoms with E-state index in [2.05, 4.69) is 11.8 Å². The van der Waals surface area contributed by atoms with Crippen molar-refractivity contribution >= 4 is 23.2 Å². The zero-order valence-corrected chi connectivity index (χ0v) is 14.1. The van der Waals surface area contributed by atoms with Crippen LogP contribution in [0.15, 0.2) is 30.3 Å². The highest BCUT2D eigenvalue weighted by atomic mass is 35.5. The summed E-state index contributed by atoms with van der Waals surface area (Å²) in [7, 11) is 0. The zero-order chi connectivity index (χ0) is 15.8. The van der Waals surface area contributed by atoms with Gasteiger partial charge in [-0.3, -0.25) is 0 Å². The van der Waals surface area contributed by atoms with Gasteiger partial charge in [-0.05, 0) is 37.7 Å². The normalized spacial score (nSPS) is 16.0. The molecule has 0 radical (unpaired) electrons. The molecule has 4 heteroatoms. The molecule has 2 rings (SSSR count). The molecule has 0 unspecified atom stereocenters. The fourth-order valence-electron chi connectivity index (χ4n) is 2.00. The van der Waals surface area contributed by atoms with Crippen LogP contribution in [-0.2, 0) is 11.3 Å². The highest BCUT2D eigenvalue weighted by Gasteiger charge is 2.32. The SMILES string of the molecule is O[C@H](C#CC1CC1)C(Cl)(Cl)CCCCOCc1ccccc1. The van der Waals surface area contributed by atoms with E-state index in [1.807, 2.05) is 30.3 Å². The Hall–Kier alpha value is -0.720. The van der Waals surface area contributed by atoms with Gasteiger partial charge in [-0.15, -0.1) is 0 Å². The minimum Gasteiger partial charge on any atom is -0.377 e. The number of unbranched alkanes of at least 4 members (excludes halogenated alkanes) is 1. The summed E-state index contributed by atoms with van der Waals surface area (Å²) < 4.78 is 4.41. The van der Waals surface area contributed by atoms with Crippen LogP contribution in [0.3, 0.4) is 0 Å². The highest BCUT2D eigenvalue weighted by Crippen LogP contribution is 2.32. The maximum absolute atomic E-state index is 9.94. The average Bonchev–Trinajstić information content (AvgIpc) is 3.33. The Balaban J connectivity index is 1.58. The molecule has 0 spiro atoms. The van der Waals surface area contributed by atoms with E-state index in [1.165, 1.54) is 0 Å². The summed E-state index contributed by atoms with van der Waals surface area (Å²) in [4.78, 5) is 0. The monoisotopic (exact) mass is 340 g/mol. The molecular formula is C18H22Cl2O2. The van der Waals surface area contributed by atoms with Gasteiger partial charge < -0.3 is 9.84 Å². The Bertz CT molecular complexity index is 501. The third kappa shape index (κ3) is 6.58. The van der Waals surface area contributed by atoms with Crippen LogP contribution in [0.25, 0.3) is 0 Å². The van der Waals surface area contributed by atoms with Crippen molar-refractivity contribution in [3.05, 3.63) is 35.9 Å². The van der Waals surface area contributed by atoms with Crippen LogP contribution in [0.4, 0.5) is 0 Å². The van der Waals surface area contributed by atoms with Gasteiger partial charge in [-0.1, -0.05) is 65.4 Å². The van der Waals surface area contributed by atoms with Crippen LogP contribution in [0.5, 0.6) is 0 Å². The zero-order valence-electron chi connectivity index (χ0n) is 12.6. The maximum atomic E-state index is 9.94. The molecule has 0 amide bonds. The van der Waals surface area contributed by atoms with Crippen LogP contribution < -0.4 is 0 Å². The Morgan fingerprint density at radius 3 is 2.64 bits per heavy atom. The number of alkyl halides is 2. The van der Waals surface area contributed by atoms with E-state index in [0.717, 1.165) is 31.2 Å². The van der Waals surface area contributed by atoms with Gasteiger partial charge in [-0.25, -0.2) is 0 Å². The summed E-state index contributed by atoms with van der Waals surface area (Å²) >= 11 is 12.3. The molecule has 1 N–H and O–H groups in total. The van der Waals surface area contributed by atoms with Crippen molar-refractivity contribution in [1.82, 2.24) is 0 Å². The van der Waals surface area contributed by atoms with Crippen LogP contribution in [0.1, 0.15) is 37.7 Å². The summed E-state index contributed by atoms with van der Waals surface area (Å²) in [5.74, 6) is 6.20. The second kappa shape index (κ2) is 8.79. The molecule has 2 nitrogen and oxygen atoms in total. The molecule has 1 aromatic rings. The van der Waals surface area contributed by atoms with Crippen molar-refractivity contribution in [2.75, 3.05) is 6.61 Å². The molecular weight excluding hydrogens is 319 g/mol. The molecule has 120 valence electrons. The molecule has 0 saturated heterocycles. The molecule has 1 aliphatic rings. The van der Waals surface area contributed by atoms with E-state index < -0.39 is 10.4 Å². The molecule has 1 atom stereocenters. The maximum Gasteiger partial charge on any atom is 0.155 e. The Morgan fingerprint density at radius 2 is 1.95 bits per heavy atom. The van der Waals surface area contributed by atoms with Gasteiger partial charge in [0.1, 0.15) is 6.10 Å². The lowest BCUT2D eigenvalue weighted by molar-refractivity contribution is 0.115. The predicted molar refractivity (Wildman–Crippen MR) is 90.9 cm³/mol. The summed E-state index contributed by atoms with van der Waals surface area (Å²) in [6.45, 7) is 1.27. The van der Waals surface area contributed by atoms with Crippen molar-refractivity contribution < 1.29 is 9.84 Å². The standard InChI is InChI=1S/C18H22Cl2O2/c19-18(20,17(21)11-10-15-8-9-15)12-4-5-13-22-14-16-6-2-1-3-7-16/h1-3,6-7,15,17,21H,4-5,8-9,12-14H2/t17-/m1/s1. The van der Waals surface area contributed by atoms with Crippen LogP contribution in [0, 0.1) is 17.8 Å². The number of rotatable bonds is 8. The van der Waals surface area contributed by atoms with Crippen molar-refractivity contribution in [2.45, 2.75) is 49.1 Å². The van der Waals surface area contributed by atoms with Gasteiger partial charge in [0.15, 0.2) is 4.33 Å². The van der Waals surface area contributed by atoms with Gasteiger partial charge >= 0.3 is 0 Å². The van der Waals surface area contributed by atoms with Gasteiger partial charge in [0, 0.05) is 12.5 Å². The molecule has 0 bridgehead atoms. The lowest BCUT2D eigenvalue weighted by Crippen LogP contribution is -2.29. The van der Waals surface area contributed by atoms with Gasteiger partial charge in [0.25, 0.3) is 0 Å². The molecule has 1 aliphatic carbocycles. The van der Waals surface area contributed by atoms with E-state index in [1.54, 1.807) is 0 Å². The van der Waals surface area contributed by atoms with Gasteiger partial charge in [0.2, 0.25) is 0 Å². The summed E-state index contributed by atoms with van der Waals surface area (Å²) in [6.07, 6.45) is 3.42. The average molecular weight is 341 g/mol. The van der Waals surface area contributed by atoms with E-state index in [9.17, 15) is 5.11 Å². The number of aliphatic hydroxyl groups is 1. The number of hydrogen-bond donors (Lipinski definition) is 1. The third-order valence-electron chi connectivity index (χ3n) is 3.56. The molecule has 1 fully saturated rings. The second-order valence-electron chi connectivity index (χ2n) is 5.72. The Kier molecular flexibility index (Phi) is 7.05. The number of hydrogen-bond acceptors (Lipinski definition) is 2. The fraction of sp³-hybridized carbons (Fsp3) is 0.556. The van der Waals surface area contributed by atoms with Crippen molar-refractivity contribution in [3.8, 4) is 11.8 Å². The van der Waals surface area contributed by atoms with Crippen molar-refractivity contribution in [3.63, 3.8) is 0 Å². The van der Waals surface area contributed by atoms with Gasteiger partial charge in [0.05, 0.1) is 6.61 Å². The lowest BCUT2D eigenvalue weighted by Gasteiger charge is -2.21. The highest BCUT2D eigenvalue weighted by molar-refractivity contribution is 6.49. The summed E-state index contributed by atoms with van der Waals surface area (Å²) in [6, 6.07) is 10.1. The predicted octanol–water partition coefficient (Wildman–Crippen LogP) is 4.32. The first kappa shape index (κ1) is 17.6. The molecule has 0 aliphatic heterocycles. The Morgan fingerprint density at radius 1 is 1.23 bits per heavy atom. The fourth-order valence-corrected chi connectivity index (χ4v) is 2.37. The van der Waals surface area contributed by atoms with E-state index in [4.69, 9.17) is 27.9 Å². The minimum absolute atomic E-state index is 0.435. The number of ether oxygens (including phenoxy) is 1. The topological polar surface area (TPSA) is 29.5 Å². The van der Waals surface area contributed by atoms with E-state index in [0.29, 0.717) is 25.6 Å². The largest absolute Gasteiger partial charge is 0.377 e. The number of halogens is 2. The smallest absolute Gasteiger partial charge is 0.155 e. The first-order valence-electron chi connectivity index (χ1n) is 7.76. The van der Waals surface area contributed by atoms with E-state index >= 15 is 0 Å². The molecule has 0 aromatic heterocycles. The molecule has 0 heterocycles. The Labute approximate surface area is 142 Å². The molecule has 1 aromatic carbocycles. The van der Waals surface area contributed by atoms with Gasteiger partial charge in [-0.2, -0.15) is 0 Å². The molecule has 22 heavy (non-hydrogen) atoms. The minimum atomic E-state index is -1.19. The van der Waals surface area contributed by atoms with Crippen LogP contribution >= 0.6 is 23.2 Å². The second-order valence-corrected chi connectivity index (χ2v) is 7.26. The van der Waals surface area contributed by atoms with E-state index in [-0.39, 0.29) is 0 Å². The third-order valence-corrected chi connectivity index (χ3v) is 4.35. The first-order valence-corrected chi connectivity index (χ1v) is 8.52. The quantitative estimate of drug-likeness (QED) is 0.433. The summed E-state index contributed by atoms with van der Waals surface area (Å²) in [5, 5.41) is 9.94. The van der Waals surface area contributed by atoms with Crippen LogP contribution in [0.2, 0.25) is 0 Å².